The SMILES string of the molecule is Brc1ccc2c(c1)NC1CNCC21. The van der Waals surface area contributed by atoms with E-state index in [4.69, 9.17) is 0 Å². The maximum atomic E-state index is 3.54. The van der Waals surface area contributed by atoms with Crippen LogP contribution in [0.4, 0.5) is 5.69 Å². The molecule has 2 N–H and O–H groups in total. The Balaban J connectivity index is 2.08. The van der Waals surface area contributed by atoms with Gasteiger partial charge in [-0.1, -0.05) is 22.0 Å². The summed E-state index contributed by atoms with van der Waals surface area (Å²) >= 11 is 3.49. The minimum Gasteiger partial charge on any atom is -0.380 e. The molecule has 2 aliphatic heterocycles. The van der Waals surface area contributed by atoms with Gasteiger partial charge >= 0.3 is 0 Å². The van der Waals surface area contributed by atoms with Crippen LogP contribution in [0, 0.1) is 0 Å². The monoisotopic (exact) mass is 238 g/mol. The topological polar surface area (TPSA) is 24.1 Å². The highest BCUT2D eigenvalue weighted by molar-refractivity contribution is 9.10. The summed E-state index contributed by atoms with van der Waals surface area (Å²) in [4.78, 5) is 0. The molecule has 1 fully saturated rings. The van der Waals surface area contributed by atoms with E-state index in [0.29, 0.717) is 12.0 Å². The van der Waals surface area contributed by atoms with Crippen molar-refractivity contribution in [1.82, 2.24) is 5.32 Å². The predicted octanol–water partition coefficient (Wildman–Crippen LogP) is 1.93. The van der Waals surface area contributed by atoms with Crippen molar-refractivity contribution in [3.63, 3.8) is 0 Å². The first-order chi connectivity index (χ1) is 6.34. The van der Waals surface area contributed by atoms with Crippen molar-refractivity contribution < 1.29 is 0 Å². The lowest BCUT2D eigenvalue weighted by Crippen LogP contribution is -2.20. The van der Waals surface area contributed by atoms with Crippen LogP contribution in [0.3, 0.4) is 0 Å². The van der Waals surface area contributed by atoms with Crippen LogP contribution in [0.25, 0.3) is 0 Å². The van der Waals surface area contributed by atoms with Gasteiger partial charge in [-0.3, -0.25) is 0 Å². The molecule has 0 saturated carbocycles. The highest BCUT2D eigenvalue weighted by Crippen LogP contribution is 2.38. The average molecular weight is 239 g/mol. The smallest absolute Gasteiger partial charge is 0.0467 e. The van der Waals surface area contributed by atoms with Crippen molar-refractivity contribution in [2.24, 2.45) is 0 Å². The molecule has 2 atom stereocenters. The first-order valence-electron chi connectivity index (χ1n) is 4.61. The Hall–Kier alpha value is -0.540. The number of rotatable bonds is 0. The van der Waals surface area contributed by atoms with E-state index in [9.17, 15) is 0 Å². The van der Waals surface area contributed by atoms with Crippen molar-refractivity contribution in [2.75, 3.05) is 18.4 Å². The molecule has 0 aliphatic carbocycles. The normalized spacial score (nSPS) is 29.6. The Morgan fingerprint density at radius 1 is 1.31 bits per heavy atom. The minimum absolute atomic E-state index is 0.615. The lowest BCUT2D eigenvalue weighted by molar-refractivity contribution is 0.736. The molecular weight excluding hydrogens is 228 g/mol. The molecule has 13 heavy (non-hydrogen) atoms. The molecule has 2 unspecified atom stereocenters. The van der Waals surface area contributed by atoms with Crippen LogP contribution < -0.4 is 10.6 Å². The van der Waals surface area contributed by atoms with Crippen molar-refractivity contribution in [3.8, 4) is 0 Å². The van der Waals surface area contributed by atoms with E-state index in [0.717, 1.165) is 17.6 Å². The van der Waals surface area contributed by atoms with Gasteiger partial charge in [0.1, 0.15) is 0 Å². The number of nitrogens with one attached hydrogen (secondary N) is 2. The van der Waals surface area contributed by atoms with Crippen molar-refractivity contribution in [3.05, 3.63) is 28.2 Å². The summed E-state index contributed by atoms with van der Waals surface area (Å²) in [6, 6.07) is 7.14. The molecule has 2 nitrogen and oxygen atoms in total. The van der Waals surface area contributed by atoms with Gasteiger partial charge in [0.05, 0.1) is 0 Å². The molecule has 1 saturated heterocycles. The Kier molecular flexibility index (Phi) is 1.64. The molecule has 0 spiro atoms. The van der Waals surface area contributed by atoms with Crippen LogP contribution in [0.1, 0.15) is 11.5 Å². The molecule has 1 aromatic carbocycles. The number of anilines is 1. The van der Waals surface area contributed by atoms with E-state index < -0.39 is 0 Å². The summed E-state index contributed by atoms with van der Waals surface area (Å²) in [5.41, 5.74) is 2.78. The van der Waals surface area contributed by atoms with Gasteiger partial charge in [-0.05, 0) is 17.7 Å². The third-order valence-corrected chi connectivity index (χ3v) is 3.46. The van der Waals surface area contributed by atoms with Crippen LogP contribution in [0.5, 0.6) is 0 Å². The molecule has 0 bridgehead atoms. The fraction of sp³-hybridized carbons (Fsp3) is 0.400. The molecule has 3 heteroatoms. The Morgan fingerprint density at radius 3 is 3.15 bits per heavy atom. The molecule has 3 rings (SSSR count). The highest BCUT2D eigenvalue weighted by Gasteiger charge is 2.35. The van der Waals surface area contributed by atoms with Crippen LogP contribution in [-0.4, -0.2) is 19.1 Å². The number of hydrogen-bond donors (Lipinski definition) is 2. The number of halogens is 1. The molecular formula is C10H11BrN2. The van der Waals surface area contributed by atoms with E-state index in [1.54, 1.807) is 0 Å². The van der Waals surface area contributed by atoms with Crippen LogP contribution in [-0.2, 0) is 0 Å². The van der Waals surface area contributed by atoms with Crippen LogP contribution in [0.2, 0.25) is 0 Å². The molecule has 2 heterocycles. The van der Waals surface area contributed by atoms with Gasteiger partial charge in [-0.25, -0.2) is 0 Å². The Labute approximate surface area is 85.8 Å². The zero-order valence-electron chi connectivity index (χ0n) is 7.18. The van der Waals surface area contributed by atoms with Gasteiger partial charge in [0.15, 0.2) is 0 Å². The summed E-state index contributed by atoms with van der Waals surface area (Å²) in [5.74, 6) is 0.683. The molecule has 0 amide bonds. The lowest BCUT2D eigenvalue weighted by atomic mass is 9.98. The van der Waals surface area contributed by atoms with Gasteiger partial charge in [0, 0.05) is 35.2 Å². The second kappa shape index (κ2) is 2.72. The maximum Gasteiger partial charge on any atom is 0.0467 e. The summed E-state index contributed by atoms with van der Waals surface area (Å²) < 4.78 is 1.16. The summed E-state index contributed by atoms with van der Waals surface area (Å²) in [6.07, 6.45) is 0. The van der Waals surface area contributed by atoms with E-state index >= 15 is 0 Å². The van der Waals surface area contributed by atoms with E-state index in [1.807, 2.05) is 0 Å². The number of benzene rings is 1. The second-order valence-electron chi connectivity index (χ2n) is 3.75. The molecule has 68 valence electrons. The third-order valence-electron chi connectivity index (χ3n) is 2.97. The van der Waals surface area contributed by atoms with Crippen LogP contribution >= 0.6 is 15.9 Å². The largest absolute Gasteiger partial charge is 0.380 e. The highest BCUT2D eigenvalue weighted by atomic mass is 79.9. The van der Waals surface area contributed by atoms with Gasteiger partial charge in [0.25, 0.3) is 0 Å². The molecule has 0 radical (unpaired) electrons. The van der Waals surface area contributed by atoms with Crippen molar-refractivity contribution in [1.29, 1.82) is 0 Å². The summed E-state index contributed by atoms with van der Waals surface area (Å²) in [6.45, 7) is 2.21. The fourth-order valence-electron chi connectivity index (χ4n) is 2.33. The third kappa shape index (κ3) is 1.11. The molecule has 0 aromatic heterocycles. The molecule has 1 aromatic rings. The zero-order chi connectivity index (χ0) is 8.84. The second-order valence-corrected chi connectivity index (χ2v) is 4.66. The number of fused-ring (bicyclic) bond motifs is 3. The van der Waals surface area contributed by atoms with E-state index in [-0.39, 0.29) is 0 Å². The van der Waals surface area contributed by atoms with Gasteiger partial charge in [-0.2, -0.15) is 0 Å². The van der Waals surface area contributed by atoms with Crippen molar-refractivity contribution in [2.45, 2.75) is 12.0 Å². The molecule has 2 aliphatic rings. The van der Waals surface area contributed by atoms with Crippen LogP contribution in [0.15, 0.2) is 22.7 Å². The standard InChI is InChI=1S/C10H11BrN2/c11-6-1-2-7-8-4-12-5-10(8)13-9(7)3-6/h1-3,8,10,12-13H,4-5H2. The Morgan fingerprint density at radius 2 is 2.23 bits per heavy atom. The zero-order valence-corrected chi connectivity index (χ0v) is 8.76. The van der Waals surface area contributed by atoms with Gasteiger partial charge in [-0.15, -0.1) is 0 Å². The van der Waals surface area contributed by atoms with E-state index in [2.05, 4.69) is 44.8 Å². The summed E-state index contributed by atoms with van der Waals surface area (Å²) in [7, 11) is 0. The van der Waals surface area contributed by atoms with Gasteiger partial charge in [0.2, 0.25) is 0 Å². The average Bonchev–Trinajstić information content (AvgIpc) is 2.62. The summed E-state index contributed by atoms with van der Waals surface area (Å²) in [5, 5.41) is 6.95. The lowest BCUT2D eigenvalue weighted by Gasteiger charge is -2.06. The first kappa shape index (κ1) is 7.83. The van der Waals surface area contributed by atoms with Crippen molar-refractivity contribution >= 4 is 21.6 Å². The quantitative estimate of drug-likeness (QED) is 0.722. The van der Waals surface area contributed by atoms with Gasteiger partial charge < -0.3 is 10.6 Å². The first-order valence-corrected chi connectivity index (χ1v) is 5.40. The Bertz CT molecular complexity index is 351. The minimum atomic E-state index is 0.615. The maximum absolute atomic E-state index is 3.54. The number of hydrogen-bond acceptors (Lipinski definition) is 2. The fourth-order valence-corrected chi connectivity index (χ4v) is 2.69. The van der Waals surface area contributed by atoms with E-state index in [1.165, 1.54) is 11.3 Å². The predicted molar refractivity (Wildman–Crippen MR) is 57.2 cm³/mol.